The van der Waals surface area contributed by atoms with Crippen LogP contribution in [0.1, 0.15) is 29.5 Å². The van der Waals surface area contributed by atoms with E-state index in [-0.39, 0.29) is 50.7 Å². The molecule has 3 aromatic rings. The SMILES string of the molecule is COc1ccc(S(=O)(=O)N2C(=O)C(NC(=O)N3CC(N4CCC(=O)CC4)C3)(c3cccnc3OC)c3cc(C#N)ccc32)c(OC)c1. The number of carbonyl (C=O) groups is 3. The fourth-order valence-electron chi connectivity index (χ4n) is 6.30. The lowest BCUT2D eigenvalue weighted by atomic mass is 9.83. The van der Waals surface area contributed by atoms with Crippen molar-refractivity contribution in [2.45, 2.75) is 29.3 Å². The van der Waals surface area contributed by atoms with E-state index >= 15 is 0 Å². The third-order valence-corrected chi connectivity index (χ3v) is 10.6. The van der Waals surface area contributed by atoms with E-state index in [1.54, 1.807) is 0 Å². The van der Waals surface area contributed by atoms with Crippen LogP contribution in [0.5, 0.6) is 17.4 Å². The largest absolute Gasteiger partial charge is 0.497 e. The zero-order valence-corrected chi connectivity index (χ0v) is 26.7. The number of pyridine rings is 1. The summed E-state index contributed by atoms with van der Waals surface area (Å²) in [6.45, 7) is 1.90. The van der Waals surface area contributed by atoms with E-state index in [1.165, 1.54) is 81.0 Å². The molecule has 244 valence electrons. The number of benzene rings is 2. The highest BCUT2D eigenvalue weighted by molar-refractivity contribution is 7.93. The smallest absolute Gasteiger partial charge is 0.318 e. The van der Waals surface area contributed by atoms with Crippen LogP contribution in [0.25, 0.3) is 0 Å². The molecule has 0 saturated carbocycles. The molecule has 2 fully saturated rings. The third kappa shape index (κ3) is 5.19. The molecule has 14 nitrogen and oxygen atoms in total. The summed E-state index contributed by atoms with van der Waals surface area (Å²) in [4.78, 5) is 48.3. The van der Waals surface area contributed by atoms with E-state index in [0.29, 0.717) is 49.1 Å². The summed E-state index contributed by atoms with van der Waals surface area (Å²) in [5, 5.41) is 12.7. The molecule has 1 aromatic heterocycles. The Hall–Kier alpha value is -5.20. The number of aromatic nitrogens is 1. The number of hydrogen-bond donors (Lipinski definition) is 1. The fourth-order valence-corrected chi connectivity index (χ4v) is 7.91. The summed E-state index contributed by atoms with van der Waals surface area (Å²) in [7, 11) is -0.652. The predicted molar refractivity (Wildman–Crippen MR) is 167 cm³/mol. The Kier molecular flexibility index (Phi) is 8.24. The molecule has 2 aromatic carbocycles. The Labute approximate surface area is 271 Å². The highest BCUT2D eigenvalue weighted by atomic mass is 32.2. The van der Waals surface area contributed by atoms with Gasteiger partial charge in [-0.05, 0) is 42.5 Å². The Balaban J connectivity index is 1.47. The zero-order chi connectivity index (χ0) is 33.5. The van der Waals surface area contributed by atoms with E-state index in [0.717, 1.165) is 0 Å². The molecule has 2 saturated heterocycles. The quantitative estimate of drug-likeness (QED) is 0.375. The third-order valence-electron chi connectivity index (χ3n) is 8.83. The molecule has 1 atom stereocenters. The second-order valence-corrected chi connectivity index (χ2v) is 13.1. The minimum atomic E-state index is -4.70. The average Bonchev–Trinajstić information content (AvgIpc) is 3.31. The second-order valence-electron chi connectivity index (χ2n) is 11.3. The molecule has 0 spiro atoms. The monoisotopic (exact) mass is 660 g/mol. The number of sulfonamides is 1. The van der Waals surface area contributed by atoms with Gasteiger partial charge in [0.25, 0.3) is 15.9 Å². The molecule has 1 N–H and O–H groups in total. The van der Waals surface area contributed by atoms with Crippen molar-refractivity contribution in [3.63, 3.8) is 0 Å². The number of ketones is 1. The van der Waals surface area contributed by atoms with Gasteiger partial charge in [-0.3, -0.25) is 14.5 Å². The summed E-state index contributed by atoms with van der Waals surface area (Å²) in [6.07, 6.45) is 2.36. The Morgan fingerprint density at radius 3 is 2.40 bits per heavy atom. The van der Waals surface area contributed by atoms with Crippen LogP contribution in [-0.4, -0.2) is 94.5 Å². The number of nitrogens with zero attached hydrogens (tertiary/aromatic N) is 5. The normalized spacial score (nSPS) is 19.9. The number of ether oxygens (including phenoxy) is 3. The number of rotatable bonds is 8. The summed E-state index contributed by atoms with van der Waals surface area (Å²) in [6, 6.07) is 12.7. The van der Waals surface area contributed by atoms with Crippen molar-refractivity contribution in [1.82, 2.24) is 20.1 Å². The van der Waals surface area contributed by atoms with Crippen LogP contribution in [-0.2, 0) is 25.2 Å². The Morgan fingerprint density at radius 1 is 1.00 bits per heavy atom. The number of nitriles is 1. The van der Waals surface area contributed by atoms with Crippen LogP contribution in [0, 0.1) is 11.3 Å². The first-order valence-electron chi connectivity index (χ1n) is 14.8. The lowest BCUT2D eigenvalue weighted by Crippen LogP contribution is -2.66. The van der Waals surface area contributed by atoms with Crippen LogP contribution in [0.4, 0.5) is 10.5 Å². The van der Waals surface area contributed by atoms with Gasteiger partial charge < -0.3 is 24.4 Å². The van der Waals surface area contributed by atoms with E-state index in [9.17, 15) is 28.1 Å². The van der Waals surface area contributed by atoms with E-state index < -0.39 is 27.5 Å². The second kappa shape index (κ2) is 12.2. The van der Waals surface area contributed by atoms with Gasteiger partial charge in [-0.25, -0.2) is 18.2 Å². The Bertz CT molecular complexity index is 1910. The molecule has 0 aliphatic carbocycles. The number of piperidine rings is 1. The van der Waals surface area contributed by atoms with Gasteiger partial charge in [-0.2, -0.15) is 9.57 Å². The Morgan fingerprint density at radius 2 is 1.74 bits per heavy atom. The molecule has 0 radical (unpaired) electrons. The van der Waals surface area contributed by atoms with Crippen LogP contribution in [0.3, 0.4) is 0 Å². The maximum absolute atomic E-state index is 14.9. The summed E-state index contributed by atoms with van der Waals surface area (Å²) in [5.41, 5.74) is -2.00. The number of fused-ring (bicyclic) bond motifs is 1. The zero-order valence-electron chi connectivity index (χ0n) is 25.9. The standard InChI is InChI=1S/C32H32N6O8S/c1-44-23-7-9-28(27(16-23)45-2)47(42,43)38-26-8-6-20(17-33)15-25(26)32(30(38)40,24-5-4-12-34-29(24)46-3)35-31(41)37-18-21(19-37)36-13-10-22(39)11-14-36/h4-9,12,15-16,21H,10-11,13-14,18-19H2,1-3H3,(H,35,41). The van der Waals surface area contributed by atoms with Crippen LogP contribution in [0.2, 0.25) is 0 Å². The molecule has 15 heteroatoms. The maximum atomic E-state index is 14.9. The van der Waals surface area contributed by atoms with Gasteiger partial charge in [-0.1, -0.05) is 0 Å². The van der Waals surface area contributed by atoms with Crippen molar-refractivity contribution in [2.24, 2.45) is 0 Å². The number of nitrogens with one attached hydrogen (secondary N) is 1. The molecular formula is C32H32N6O8S. The topological polar surface area (TPSA) is 171 Å². The number of methoxy groups -OCH3 is 3. The van der Waals surface area contributed by atoms with Gasteiger partial charge in [-0.15, -0.1) is 0 Å². The number of urea groups is 1. The summed E-state index contributed by atoms with van der Waals surface area (Å²) >= 11 is 0. The highest BCUT2D eigenvalue weighted by Gasteiger charge is 2.59. The minimum absolute atomic E-state index is 0.0322. The number of likely N-dealkylation sites (tertiary alicyclic amines) is 2. The van der Waals surface area contributed by atoms with Gasteiger partial charge in [0.1, 0.15) is 22.2 Å². The van der Waals surface area contributed by atoms with Crippen molar-refractivity contribution < 1.29 is 37.0 Å². The highest BCUT2D eigenvalue weighted by Crippen LogP contribution is 2.50. The average molecular weight is 661 g/mol. The molecule has 1 unspecified atom stereocenters. The van der Waals surface area contributed by atoms with Crippen LogP contribution in [0.15, 0.2) is 59.6 Å². The number of amides is 3. The number of hydrogen-bond acceptors (Lipinski definition) is 11. The predicted octanol–water partition coefficient (Wildman–Crippen LogP) is 2.02. The molecule has 3 aliphatic heterocycles. The number of Topliss-reactive ketones (excluding diaryl/α,β-unsaturated/α-hetero) is 1. The molecule has 47 heavy (non-hydrogen) atoms. The van der Waals surface area contributed by atoms with Crippen molar-refractivity contribution >= 4 is 33.4 Å². The van der Waals surface area contributed by atoms with Gasteiger partial charge in [0, 0.05) is 62.9 Å². The minimum Gasteiger partial charge on any atom is -0.497 e. The van der Waals surface area contributed by atoms with Crippen molar-refractivity contribution in [3.05, 3.63) is 71.4 Å². The van der Waals surface area contributed by atoms with Crippen LogP contribution >= 0.6 is 0 Å². The van der Waals surface area contributed by atoms with E-state index in [4.69, 9.17) is 14.2 Å². The summed E-state index contributed by atoms with van der Waals surface area (Å²) < 4.78 is 45.7. The molecule has 0 bridgehead atoms. The molecular weight excluding hydrogens is 628 g/mol. The lowest BCUT2D eigenvalue weighted by molar-refractivity contribution is -0.122. The maximum Gasteiger partial charge on any atom is 0.318 e. The van der Waals surface area contributed by atoms with Gasteiger partial charge >= 0.3 is 6.03 Å². The van der Waals surface area contributed by atoms with Gasteiger partial charge in [0.05, 0.1) is 44.2 Å². The van der Waals surface area contributed by atoms with E-state index in [2.05, 4.69) is 15.2 Å². The lowest BCUT2D eigenvalue weighted by Gasteiger charge is -2.47. The summed E-state index contributed by atoms with van der Waals surface area (Å²) in [5.74, 6) is -0.594. The molecule has 3 amide bonds. The fraction of sp³-hybridized carbons (Fsp3) is 0.344. The number of carbonyl (C=O) groups excluding carboxylic acids is 3. The van der Waals surface area contributed by atoms with Crippen molar-refractivity contribution in [2.75, 3.05) is 51.8 Å². The molecule has 6 rings (SSSR count). The number of anilines is 1. The first-order chi connectivity index (χ1) is 22.6. The van der Waals surface area contributed by atoms with Gasteiger partial charge in [0.15, 0.2) is 5.54 Å². The first kappa shape index (κ1) is 31.8. The molecule has 3 aliphatic rings. The first-order valence-corrected chi connectivity index (χ1v) is 16.2. The van der Waals surface area contributed by atoms with Crippen molar-refractivity contribution in [3.8, 4) is 23.4 Å². The van der Waals surface area contributed by atoms with E-state index in [1.807, 2.05) is 6.07 Å². The van der Waals surface area contributed by atoms with Crippen molar-refractivity contribution in [1.29, 1.82) is 5.26 Å². The van der Waals surface area contributed by atoms with Crippen LogP contribution < -0.4 is 23.8 Å². The molecule has 4 heterocycles. The van der Waals surface area contributed by atoms with Gasteiger partial charge in [0.2, 0.25) is 5.88 Å².